The molecule has 1 atom stereocenters. The van der Waals surface area contributed by atoms with E-state index in [2.05, 4.69) is 36.1 Å². The number of aromatic nitrogens is 3. The minimum absolute atomic E-state index is 0.237. The Labute approximate surface area is 118 Å². The molecule has 0 aliphatic carbocycles. The number of nitrogens with zero attached hydrogens (tertiary/aromatic N) is 3. The van der Waals surface area contributed by atoms with Crippen LogP contribution in [0.1, 0.15) is 29.8 Å². The molecule has 0 bridgehead atoms. The molecule has 0 fully saturated rings. The van der Waals surface area contributed by atoms with Crippen LogP contribution in [0.25, 0.3) is 10.9 Å². The van der Waals surface area contributed by atoms with Crippen molar-refractivity contribution in [3.05, 3.63) is 59.5 Å². The molecule has 2 N–H and O–H groups in total. The number of benzene rings is 1. The van der Waals surface area contributed by atoms with Crippen LogP contribution in [0.15, 0.2) is 42.7 Å². The van der Waals surface area contributed by atoms with Crippen LogP contribution in [0.5, 0.6) is 0 Å². The SMILES string of the molecule is CCn1cc(C(N)c2cc(C)c3ccccc3n2)cn1. The zero-order valence-corrected chi connectivity index (χ0v) is 11.7. The van der Waals surface area contributed by atoms with E-state index in [9.17, 15) is 0 Å². The van der Waals surface area contributed by atoms with Gasteiger partial charge in [-0.15, -0.1) is 0 Å². The van der Waals surface area contributed by atoms with Gasteiger partial charge in [0.1, 0.15) is 0 Å². The van der Waals surface area contributed by atoms with Crippen molar-refractivity contribution >= 4 is 10.9 Å². The number of rotatable bonds is 3. The Morgan fingerprint density at radius 3 is 2.85 bits per heavy atom. The summed E-state index contributed by atoms with van der Waals surface area (Å²) in [6, 6.07) is 9.96. The van der Waals surface area contributed by atoms with E-state index in [4.69, 9.17) is 5.73 Å². The van der Waals surface area contributed by atoms with Crippen molar-refractivity contribution in [3.8, 4) is 0 Å². The maximum atomic E-state index is 6.33. The zero-order valence-electron chi connectivity index (χ0n) is 11.7. The maximum Gasteiger partial charge on any atom is 0.0757 e. The molecular weight excluding hydrogens is 248 g/mol. The van der Waals surface area contributed by atoms with Crippen molar-refractivity contribution in [2.45, 2.75) is 26.4 Å². The molecule has 1 unspecified atom stereocenters. The van der Waals surface area contributed by atoms with Gasteiger partial charge in [0.2, 0.25) is 0 Å². The Morgan fingerprint density at radius 2 is 2.10 bits per heavy atom. The lowest BCUT2D eigenvalue weighted by Gasteiger charge is -2.12. The van der Waals surface area contributed by atoms with Gasteiger partial charge in [0.05, 0.1) is 23.4 Å². The second-order valence-corrected chi connectivity index (χ2v) is 4.99. The molecule has 3 aromatic rings. The summed E-state index contributed by atoms with van der Waals surface area (Å²) in [5, 5.41) is 5.45. The minimum atomic E-state index is -0.237. The first-order chi connectivity index (χ1) is 9.69. The van der Waals surface area contributed by atoms with Crippen molar-refractivity contribution in [3.63, 3.8) is 0 Å². The van der Waals surface area contributed by atoms with Crippen LogP contribution in [-0.2, 0) is 6.54 Å². The first kappa shape index (κ1) is 12.8. The largest absolute Gasteiger partial charge is 0.319 e. The van der Waals surface area contributed by atoms with Crippen molar-refractivity contribution in [1.82, 2.24) is 14.8 Å². The molecule has 2 aromatic heterocycles. The van der Waals surface area contributed by atoms with Crippen LogP contribution in [0.2, 0.25) is 0 Å². The van der Waals surface area contributed by atoms with Crippen molar-refractivity contribution in [1.29, 1.82) is 0 Å². The number of aryl methyl sites for hydroxylation is 2. The molecule has 0 saturated heterocycles. The van der Waals surface area contributed by atoms with E-state index in [0.29, 0.717) is 0 Å². The van der Waals surface area contributed by atoms with Gasteiger partial charge in [-0.25, -0.2) is 0 Å². The molecule has 0 radical (unpaired) electrons. The van der Waals surface area contributed by atoms with Crippen LogP contribution >= 0.6 is 0 Å². The number of para-hydroxylation sites is 1. The first-order valence-corrected chi connectivity index (χ1v) is 6.83. The predicted octanol–water partition coefficient (Wildman–Crippen LogP) is 2.81. The van der Waals surface area contributed by atoms with Crippen LogP contribution in [0.3, 0.4) is 0 Å². The fourth-order valence-corrected chi connectivity index (χ4v) is 2.42. The van der Waals surface area contributed by atoms with E-state index >= 15 is 0 Å². The Morgan fingerprint density at radius 1 is 1.30 bits per heavy atom. The van der Waals surface area contributed by atoms with Gasteiger partial charge in [0, 0.05) is 23.7 Å². The van der Waals surface area contributed by atoms with E-state index < -0.39 is 0 Å². The topological polar surface area (TPSA) is 56.7 Å². The molecule has 0 amide bonds. The molecule has 4 nitrogen and oxygen atoms in total. The Bertz CT molecular complexity index is 745. The smallest absolute Gasteiger partial charge is 0.0757 e. The first-order valence-electron chi connectivity index (χ1n) is 6.83. The van der Waals surface area contributed by atoms with Crippen LogP contribution < -0.4 is 5.73 Å². The van der Waals surface area contributed by atoms with Gasteiger partial charge in [0.15, 0.2) is 0 Å². The summed E-state index contributed by atoms with van der Waals surface area (Å²) in [6.07, 6.45) is 3.80. The van der Waals surface area contributed by atoms with Crippen LogP contribution in [0.4, 0.5) is 0 Å². The molecule has 0 saturated carbocycles. The second-order valence-electron chi connectivity index (χ2n) is 4.99. The van der Waals surface area contributed by atoms with Gasteiger partial charge in [0.25, 0.3) is 0 Å². The molecule has 2 heterocycles. The number of nitrogens with two attached hydrogens (primary N) is 1. The molecular formula is C16H18N4. The highest BCUT2D eigenvalue weighted by Crippen LogP contribution is 2.23. The van der Waals surface area contributed by atoms with E-state index in [0.717, 1.165) is 23.3 Å². The van der Waals surface area contributed by atoms with E-state index in [1.54, 1.807) is 0 Å². The van der Waals surface area contributed by atoms with Gasteiger partial charge in [-0.05, 0) is 31.5 Å². The van der Waals surface area contributed by atoms with E-state index in [-0.39, 0.29) is 6.04 Å². The minimum Gasteiger partial charge on any atom is -0.319 e. The molecule has 3 rings (SSSR count). The summed E-state index contributed by atoms with van der Waals surface area (Å²) >= 11 is 0. The monoisotopic (exact) mass is 266 g/mol. The molecule has 0 spiro atoms. The maximum absolute atomic E-state index is 6.33. The van der Waals surface area contributed by atoms with E-state index in [1.165, 1.54) is 10.9 Å². The van der Waals surface area contributed by atoms with Gasteiger partial charge >= 0.3 is 0 Å². The number of hydrogen-bond acceptors (Lipinski definition) is 3. The number of hydrogen-bond donors (Lipinski definition) is 1. The average molecular weight is 266 g/mol. The zero-order chi connectivity index (χ0) is 14.1. The lowest BCUT2D eigenvalue weighted by Crippen LogP contribution is -2.13. The Kier molecular flexibility index (Phi) is 3.24. The molecule has 0 aliphatic rings. The van der Waals surface area contributed by atoms with Crippen molar-refractivity contribution < 1.29 is 0 Å². The summed E-state index contributed by atoms with van der Waals surface area (Å²) in [4.78, 5) is 4.69. The Hall–Kier alpha value is -2.20. The summed E-state index contributed by atoms with van der Waals surface area (Å²) in [6.45, 7) is 4.99. The molecule has 20 heavy (non-hydrogen) atoms. The normalized spacial score (nSPS) is 12.8. The lowest BCUT2D eigenvalue weighted by molar-refractivity contribution is 0.658. The van der Waals surface area contributed by atoms with Crippen molar-refractivity contribution in [2.75, 3.05) is 0 Å². The third kappa shape index (κ3) is 2.18. The molecule has 0 aliphatic heterocycles. The highest BCUT2D eigenvalue weighted by molar-refractivity contribution is 5.82. The standard InChI is InChI=1S/C16H18N4/c1-3-20-10-12(9-18-20)16(17)15-8-11(2)13-6-4-5-7-14(13)19-15/h4-10,16H,3,17H2,1-2H3. The average Bonchev–Trinajstić information content (AvgIpc) is 2.95. The summed E-state index contributed by atoms with van der Waals surface area (Å²) in [5.74, 6) is 0. The summed E-state index contributed by atoms with van der Waals surface area (Å²) in [5.41, 5.74) is 10.4. The highest BCUT2D eigenvalue weighted by Gasteiger charge is 2.14. The molecule has 1 aromatic carbocycles. The van der Waals surface area contributed by atoms with Crippen LogP contribution in [-0.4, -0.2) is 14.8 Å². The second kappa shape index (κ2) is 5.06. The number of pyridine rings is 1. The molecule has 4 heteroatoms. The quantitative estimate of drug-likeness (QED) is 0.793. The van der Waals surface area contributed by atoms with Gasteiger partial charge < -0.3 is 5.73 Å². The summed E-state index contributed by atoms with van der Waals surface area (Å²) < 4.78 is 1.88. The fourth-order valence-electron chi connectivity index (χ4n) is 2.42. The predicted molar refractivity (Wildman–Crippen MR) is 80.4 cm³/mol. The molecule has 102 valence electrons. The summed E-state index contributed by atoms with van der Waals surface area (Å²) in [7, 11) is 0. The van der Waals surface area contributed by atoms with Gasteiger partial charge in [-0.3, -0.25) is 9.67 Å². The van der Waals surface area contributed by atoms with Gasteiger partial charge in [-0.1, -0.05) is 18.2 Å². The van der Waals surface area contributed by atoms with Crippen molar-refractivity contribution in [2.24, 2.45) is 5.73 Å². The van der Waals surface area contributed by atoms with Crippen LogP contribution in [0, 0.1) is 6.92 Å². The third-order valence-corrected chi connectivity index (χ3v) is 3.60. The highest BCUT2D eigenvalue weighted by atomic mass is 15.3. The third-order valence-electron chi connectivity index (χ3n) is 3.60. The number of fused-ring (bicyclic) bond motifs is 1. The van der Waals surface area contributed by atoms with Gasteiger partial charge in [-0.2, -0.15) is 5.10 Å². The Balaban J connectivity index is 2.05. The van der Waals surface area contributed by atoms with E-state index in [1.807, 2.05) is 35.3 Å². The fraction of sp³-hybridized carbons (Fsp3) is 0.250. The lowest BCUT2D eigenvalue weighted by atomic mass is 10.0.